The van der Waals surface area contributed by atoms with E-state index in [1.807, 2.05) is 30.3 Å². The smallest absolute Gasteiger partial charge is 0.254 e. The zero-order chi connectivity index (χ0) is 18.8. The molecular weight excluding hydrogens is 344 g/mol. The lowest BCUT2D eigenvalue weighted by molar-refractivity contribution is 0.237. The van der Waals surface area contributed by atoms with E-state index in [9.17, 15) is 9.90 Å². The second-order valence-corrected chi connectivity index (χ2v) is 6.51. The molecule has 2 N–H and O–H groups in total. The molecule has 7 nitrogen and oxygen atoms in total. The van der Waals surface area contributed by atoms with Crippen LogP contribution in [0.15, 0.2) is 47.4 Å². The first-order valence-electron chi connectivity index (χ1n) is 8.76. The minimum Gasteiger partial charge on any atom is -0.507 e. The second-order valence-electron chi connectivity index (χ2n) is 6.51. The highest BCUT2D eigenvalue weighted by molar-refractivity contribution is 5.49. The average molecular weight is 364 g/mol. The maximum absolute atomic E-state index is 12.5. The molecule has 27 heavy (non-hydrogen) atoms. The Kier molecular flexibility index (Phi) is 4.60. The number of methoxy groups -OCH3 is 1. The summed E-state index contributed by atoms with van der Waals surface area (Å²) in [5.74, 6) is 1.30. The van der Waals surface area contributed by atoms with Crippen LogP contribution in [0.25, 0.3) is 11.5 Å². The van der Waals surface area contributed by atoms with Gasteiger partial charge in [-0.05, 0) is 24.6 Å². The number of nitrogens with one attached hydrogen (secondary N) is 1. The molecule has 0 amide bonds. The van der Waals surface area contributed by atoms with Crippen molar-refractivity contribution in [2.45, 2.75) is 19.5 Å². The van der Waals surface area contributed by atoms with E-state index in [4.69, 9.17) is 4.74 Å². The largest absolute Gasteiger partial charge is 0.507 e. The lowest BCUT2D eigenvalue weighted by Crippen LogP contribution is -2.35. The highest BCUT2D eigenvalue weighted by Crippen LogP contribution is 2.26. The van der Waals surface area contributed by atoms with Crippen LogP contribution in [-0.4, -0.2) is 38.6 Å². The lowest BCUT2D eigenvalue weighted by atomic mass is 10.0. The number of rotatable bonds is 4. The summed E-state index contributed by atoms with van der Waals surface area (Å²) >= 11 is 0. The van der Waals surface area contributed by atoms with Gasteiger partial charge in [0.25, 0.3) is 5.56 Å². The van der Waals surface area contributed by atoms with Gasteiger partial charge in [0.15, 0.2) is 5.82 Å². The predicted octanol–water partition coefficient (Wildman–Crippen LogP) is 2.10. The molecule has 0 radical (unpaired) electrons. The summed E-state index contributed by atoms with van der Waals surface area (Å²) in [4.78, 5) is 26.4. The Morgan fingerprint density at radius 2 is 2.19 bits per heavy atom. The summed E-state index contributed by atoms with van der Waals surface area (Å²) in [6.45, 7) is 1.85. The van der Waals surface area contributed by atoms with E-state index in [-0.39, 0.29) is 11.3 Å². The van der Waals surface area contributed by atoms with E-state index in [1.165, 1.54) is 0 Å². The van der Waals surface area contributed by atoms with Gasteiger partial charge in [0.1, 0.15) is 17.2 Å². The maximum atomic E-state index is 12.5. The lowest BCUT2D eigenvalue weighted by Gasteiger charge is -2.28. The molecular formula is C20H20N4O3. The van der Waals surface area contributed by atoms with Crippen molar-refractivity contribution < 1.29 is 9.84 Å². The number of hydrogen-bond acceptors (Lipinski definition) is 6. The summed E-state index contributed by atoms with van der Waals surface area (Å²) in [5.41, 5.74) is 2.84. The first-order valence-corrected chi connectivity index (χ1v) is 8.76. The Hall–Kier alpha value is -3.19. The van der Waals surface area contributed by atoms with Gasteiger partial charge in [-0.3, -0.25) is 14.7 Å². The first kappa shape index (κ1) is 17.2. The molecule has 138 valence electrons. The third-order valence-electron chi connectivity index (χ3n) is 4.75. The van der Waals surface area contributed by atoms with E-state index in [0.717, 1.165) is 23.4 Å². The summed E-state index contributed by atoms with van der Waals surface area (Å²) < 4.78 is 5.13. The van der Waals surface area contributed by atoms with Gasteiger partial charge in [0.05, 0.1) is 12.8 Å². The third-order valence-corrected chi connectivity index (χ3v) is 4.75. The standard InChI is InChI=1S/C20H20N4O3/c1-27-14-6-5-13(18(25)10-14)11-24-9-7-15-17(12-24)22-19(23-20(15)26)16-4-2-3-8-21-16/h2-6,8,10,25H,7,9,11-12H2,1H3,(H,22,23,26). The Morgan fingerprint density at radius 1 is 1.30 bits per heavy atom. The normalized spacial score (nSPS) is 14.0. The van der Waals surface area contributed by atoms with Gasteiger partial charge in [-0.15, -0.1) is 0 Å². The average Bonchev–Trinajstić information content (AvgIpc) is 2.70. The number of aromatic amines is 1. The van der Waals surface area contributed by atoms with Crippen molar-refractivity contribution in [3.05, 3.63) is 69.8 Å². The van der Waals surface area contributed by atoms with Crippen molar-refractivity contribution in [2.75, 3.05) is 13.7 Å². The molecule has 0 atom stereocenters. The van der Waals surface area contributed by atoms with Crippen molar-refractivity contribution in [3.63, 3.8) is 0 Å². The zero-order valence-electron chi connectivity index (χ0n) is 15.0. The number of phenols is 1. The molecule has 0 saturated carbocycles. The Morgan fingerprint density at radius 3 is 2.93 bits per heavy atom. The first-order chi connectivity index (χ1) is 13.1. The van der Waals surface area contributed by atoms with Gasteiger partial charge in [-0.2, -0.15) is 0 Å². The zero-order valence-corrected chi connectivity index (χ0v) is 15.0. The molecule has 3 heterocycles. The van der Waals surface area contributed by atoms with Crippen LogP contribution in [0.3, 0.4) is 0 Å². The number of fused-ring (bicyclic) bond motifs is 1. The molecule has 0 fully saturated rings. The molecule has 2 aromatic heterocycles. The van der Waals surface area contributed by atoms with Crippen LogP contribution >= 0.6 is 0 Å². The number of nitrogens with zero attached hydrogens (tertiary/aromatic N) is 3. The van der Waals surface area contributed by atoms with Gasteiger partial charge in [-0.1, -0.05) is 12.1 Å². The van der Waals surface area contributed by atoms with Crippen LogP contribution in [0, 0.1) is 0 Å². The van der Waals surface area contributed by atoms with Crippen molar-refractivity contribution >= 4 is 0 Å². The SMILES string of the molecule is COc1ccc(CN2CCc3c(nc(-c4ccccn4)[nH]c3=O)C2)c(O)c1. The number of aromatic hydroxyl groups is 1. The molecule has 0 spiro atoms. The van der Waals surface area contributed by atoms with Crippen LogP contribution in [0.1, 0.15) is 16.8 Å². The number of benzene rings is 1. The Bertz CT molecular complexity index is 1020. The molecule has 0 aliphatic carbocycles. The van der Waals surface area contributed by atoms with E-state index < -0.39 is 0 Å². The van der Waals surface area contributed by atoms with Gasteiger partial charge < -0.3 is 14.8 Å². The molecule has 3 aromatic rings. The molecule has 1 aliphatic rings. The molecule has 7 heteroatoms. The summed E-state index contributed by atoms with van der Waals surface area (Å²) in [6, 6.07) is 10.8. The maximum Gasteiger partial charge on any atom is 0.254 e. The van der Waals surface area contributed by atoms with Gasteiger partial charge >= 0.3 is 0 Å². The fourth-order valence-corrected chi connectivity index (χ4v) is 3.30. The Labute approximate surface area is 156 Å². The number of ether oxygens (including phenoxy) is 1. The van der Waals surface area contributed by atoms with Gasteiger partial charge in [0.2, 0.25) is 0 Å². The van der Waals surface area contributed by atoms with E-state index in [1.54, 1.807) is 19.4 Å². The highest BCUT2D eigenvalue weighted by atomic mass is 16.5. The predicted molar refractivity (Wildman–Crippen MR) is 101 cm³/mol. The van der Waals surface area contributed by atoms with Crippen LogP contribution in [0.2, 0.25) is 0 Å². The van der Waals surface area contributed by atoms with E-state index in [0.29, 0.717) is 36.8 Å². The van der Waals surface area contributed by atoms with E-state index >= 15 is 0 Å². The topological polar surface area (TPSA) is 91.3 Å². The quantitative estimate of drug-likeness (QED) is 0.737. The number of phenolic OH excluding ortho intramolecular Hbond substituents is 1. The molecule has 1 aliphatic heterocycles. The number of H-pyrrole nitrogens is 1. The Balaban J connectivity index is 1.59. The van der Waals surface area contributed by atoms with Crippen LogP contribution in [0.4, 0.5) is 0 Å². The summed E-state index contributed by atoms with van der Waals surface area (Å²) in [5, 5.41) is 10.2. The fourth-order valence-electron chi connectivity index (χ4n) is 3.30. The van der Waals surface area contributed by atoms with Crippen molar-refractivity contribution in [2.24, 2.45) is 0 Å². The van der Waals surface area contributed by atoms with Gasteiger partial charge in [-0.25, -0.2) is 4.98 Å². The molecule has 0 bridgehead atoms. The monoisotopic (exact) mass is 364 g/mol. The minimum atomic E-state index is -0.104. The second kappa shape index (κ2) is 7.20. The minimum absolute atomic E-state index is 0.104. The van der Waals surface area contributed by atoms with E-state index in [2.05, 4.69) is 19.9 Å². The third kappa shape index (κ3) is 3.54. The fraction of sp³-hybridized carbons (Fsp3) is 0.250. The number of pyridine rings is 1. The summed E-state index contributed by atoms with van der Waals surface area (Å²) in [7, 11) is 1.57. The van der Waals surface area contributed by atoms with Crippen LogP contribution in [0.5, 0.6) is 11.5 Å². The molecule has 1 aromatic carbocycles. The highest BCUT2D eigenvalue weighted by Gasteiger charge is 2.22. The molecule has 0 unspecified atom stereocenters. The van der Waals surface area contributed by atoms with Crippen molar-refractivity contribution in [3.8, 4) is 23.0 Å². The van der Waals surface area contributed by atoms with Crippen molar-refractivity contribution in [1.29, 1.82) is 0 Å². The number of aromatic nitrogens is 3. The molecule has 4 rings (SSSR count). The van der Waals surface area contributed by atoms with Crippen LogP contribution in [-0.2, 0) is 19.5 Å². The van der Waals surface area contributed by atoms with Crippen molar-refractivity contribution in [1.82, 2.24) is 19.9 Å². The molecule has 0 saturated heterocycles. The number of hydrogen-bond donors (Lipinski definition) is 2. The van der Waals surface area contributed by atoms with Gasteiger partial charge in [0, 0.05) is 43.0 Å². The van der Waals surface area contributed by atoms with Crippen LogP contribution < -0.4 is 10.3 Å². The summed E-state index contributed by atoms with van der Waals surface area (Å²) in [6.07, 6.45) is 2.30.